The van der Waals surface area contributed by atoms with Crippen LogP contribution in [0.15, 0.2) is 47.0 Å². The van der Waals surface area contributed by atoms with Crippen LogP contribution in [0.25, 0.3) is 11.3 Å². The number of nitrogens with zero attached hydrogens (tertiary/aromatic N) is 2. The minimum Gasteiger partial charge on any atom is -0.454 e. The lowest BCUT2D eigenvalue weighted by Crippen LogP contribution is -2.40. The van der Waals surface area contributed by atoms with E-state index in [9.17, 15) is 4.79 Å². The molecule has 0 spiro atoms. The van der Waals surface area contributed by atoms with Crippen LogP contribution in [-0.4, -0.2) is 35.8 Å². The molecule has 3 aromatic rings. The number of piperidine rings is 1. The molecule has 0 bridgehead atoms. The van der Waals surface area contributed by atoms with Gasteiger partial charge in [0.1, 0.15) is 5.56 Å². The fraction of sp³-hybridized carbons (Fsp3) is 0.448. The molecule has 184 valence electrons. The van der Waals surface area contributed by atoms with E-state index in [0.29, 0.717) is 34.4 Å². The van der Waals surface area contributed by atoms with Crippen molar-refractivity contribution in [2.24, 2.45) is 5.92 Å². The Balaban J connectivity index is 1.26. The number of hydrogen-bond acceptors (Lipinski definition) is 5. The topological polar surface area (TPSA) is 64.8 Å². The van der Waals surface area contributed by atoms with Crippen molar-refractivity contribution in [3.63, 3.8) is 0 Å². The molecule has 2 aliphatic rings. The van der Waals surface area contributed by atoms with Crippen LogP contribution in [0.3, 0.4) is 0 Å². The zero-order valence-electron chi connectivity index (χ0n) is 21.1. The molecule has 2 aliphatic heterocycles. The second kappa shape index (κ2) is 9.40. The van der Waals surface area contributed by atoms with Gasteiger partial charge in [-0.15, -0.1) is 0 Å². The Morgan fingerprint density at radius 3 is 2.63 bits per heavy atom. The predicted octanol–water partition coefficient (Wildman–Crippen LogP) is 6.16. The summed E-state index contributed by atoms with van der Waals surface area (Å²) in [4.78, 5) is 15.6. The van der Waals surface area contributed by atoms with E-state index >= 15 is 0 Å². The molecule has 5 rings (SSSR count). The number of benzene rings is 2. The van der Waals surface area contributed by atoms with Crippen LogP contribution in [0.5, 0.6) is 11.5 Å². The van der Waals surface area contributed by atoms with Crippen LogP contribution < -0.4 is 9.47 Å². The molecule has 0 N–H and O–H groups in total. The summed E-state index contributed by atoms with van der Waals surface area (Å²) < 4.78 is 16.5. The number of aromatic nitrogens is 1. The van der Waals surface area contributed by atoms with Gasteiger partial charge in [-0.1, -0.05) is 50.2 Å². The molecule has 1 atom stereocenters. The van der Waals surface area contributed by atoms with Gasteiger partial charge in [0.2, 0.25) is 6.79 Å². The largest absolute Gasteiger partial charge is 0.454 e. The monoisotopic (exact) mass is 474 g/mol. The number of carbonyl (C=O) groups is 1. The number of rotatable bonds is 5. The van der Waals surface area contributed by atoms with Crippen molar-refractivity contribution in [2.75, 3.05) is 19.9 Å². The Bertz CT molecular complexity index is 1210. The molecule has 1 saturated heterocycles. The third-order valence-electron chi connectivity index (χ3n) is 7.18. The summed E-state index contributed by atoms with van der Waals surface area (Å²) in [6, 6.07) is 14.6. The smallest absolute Gasteiger partial charge is 0.259 e. The molecule has 3 heterocycles. The fourth-order valence-electron chi connectivity index (χ4n) is 5.04. The lowest BCUT2D eigenvalue weighted by molar-refractivity contribution is 0.0668. The molecule has 0 unspecified atom stereocenters. The van der Waals surface area contributed by atoms with Gasteiger partial charge in [-0.2, -0.15) is 0 Å². The minimum absolute atomic E-state index is 0.00403. The summed E-state index contributed by atoms with van der Waals surface area (Å²) in [5, 5.41) is 4.13. The number of hydrogen-bond donors (Lipinski definition) is 0. The molecule has 0 aliphatic carbocycles. The second-order valence-corrected chi connectivity index (χ2v) is 10.8. The average molecular weight is 475 g/mol. The minimum atomic E-state index is -0.00403. The fourth-order valence-corrected chi connectivity index (χ4v) is 5.04. The van der Waals surface area contributed by atoms with Crippen LogP contribution in [0.4, 0.5) is 0 Å². The van der Waals surface area contributed by atoms with Gasteiger partial charge < -0.3 is 18.9 Å². The number of ether oxygens (including phenoxy) is 2. The summed E-state index contributed by atoms with van der Waals surface area (Å²) in [5.41, 5.74) is 4.82. The summed E-state index contributed by atoms with van der Waals surface area (Å²) in [6.07, 6.45) is 4.28. The highest BCUT2D eigenvalue weighted by Gasteiger charge is 2.30. The molecule has 1 aromatic heterocycles. The summed E-state index contributed by atoms with van der Waals surface area (Å²) in [5.74, 6) is 2.33. The first-order valence-corrected chi connectivity index (χ1v) is 12.5. The maximum Gasteiger partial charge on any atom is 0.259 e. The highest BCUT2D eigenvalue weighted by Crippen LogP contribution is 2.38. The van der Waals surface area contributed by atoms with E-state index in [1.165, 1.54) is 11.1 Å². The normalized spacial score (nSPS) is 17.6. The molecule has 1 fully saturated rings. The highest BCUT2D eigenvalue weighted by molar-refractivity contribution is 6.00. The Hall–Kier alpha value is -3.28. The van der Waals surface area contributed by atoms with E-state index in [2.05, 4.69) is 50.2 Å². The average Bonchev–Trinajstić information content (AvgIpc) is 3.48. The van der Waals surface area contributed by atoms with Gasteiger partial charge in [-0.05, 0) is 73.3 Å². The molecular weight excluding hydrogens is 440 g/mol. The number of carbonyl (C=O) groups excluding carboxylic acids is 1. The molecule has 6 nitrogen and oxygen atoms in total. The van der Waals surface area contributed by atoms with E-state index < -0.39 is 0 Å². The van der Waals surface area contributed by atoms with Crippen molar-refractivity contribution in [3.8, 4) is 22.8 Å². The third-order valence-corrected chi connectivity index (χ3v) is 7.18. The van der Waals surface area contributed by atoms with Crippen LogP contribution in [0, 0.1) is 12.8 Å². The standard InChI is InChI=1S/C29H34N2O4/c1-19-26(27(35-30-19)22-11-14-24-25(16-22)34-18-33-24)28(32)31-15-5-6-21(17-31)8-7-20-9-12-23(13-10-20)29(2,3)4/h9-14,16,21H,5-8,15,17-18H2,1-4H3/t21-/m1/s1. The van der Waals surface area contributed by atoms with Crippen molar-refractivity contribution in [2.45, 2.75) is 58.8 Å². The Labute approximate surface area is 207 Å². The zero-order valence-corrected chi connectivity index (χ0v) is 21.1. The Morgan fingerprint density at radius 1 is 1.09 bits per heavy atom. The number of amides is 1. The Kier molecular flexibility index (Phi) is 6.30. The Morgan fingerprint density at radius 2 is 1.86 bits per heavy atom. The zero-order chi connectivity index (χ0) is 24.6. The number of fused-ring (bicyclic) bond motifs is 1. The van der Waals surface area contributed by atoms with Gasteiger partial charge >= 0.3 is 0 Å². The van der Waals surface area contributed by atoms with Crippen LogP contribution in [-0.2, 0) is 11.8 Å². The van der Waals surface area contributed by atoms with Crippen molar-refractivity contribution < 1.29 is 18.8 Å². The molecule has 0 saturated carbocycles. The van der Waals surface area contributed by atoms with E-state index in [0.717, 1.165) is 44.3 Å². The van der Waals surface area contributed by atoms with Crippen molar-refractivity contribution >= 4 is 5.91 Å². The second-order valence-electron chi connectivity index (χ2n) is 10.8. The van der Waals surface area contributed by atoms with Crippen LogP contribution >= 0.6 is 0 Å². The molecule has 1 amide bonds. The molecule has 6 heteroatoms. The van der Waals surface area contributed by atoms with Gasteiger partial charge in [-0.3, -0.25) is 4.79 Å². The van der Waals surface area contributed by atoms with Crippen molar-refractivity contribution in [1.29, 1.82) is 0 Å². The third kappa shape index (κ3) is 4.93. The first-order chi connectivity index (χ1) is 16.8. The van der Waals surface area contributed by atoms with Gasteiger partial charge in [-0.25, -0.2) is 0 Å². The van der Waals surface area contributed by atoms with Crippen molar-refractivity contribution in [1.82, 2.24) is 10.1 Å². The SMILES string of the molecule is Cc1noc(-c2ccc3c(c2)OCO3)c1C(=O)N1CCC[C@H](CCc2ccc(C(C)(C)C)cc2)C1. The van der Waals surface area contributed by atoms with Crippen molar-refractivity contribution in [3.05, 3.63) is 64.8 Å². The lowest BCUT2D eigenvalue weighted by Gasteiger charge is -2.33. The maximum atomic E-state index is 13.6. The van der Waals surface area contributed by atoms with E-state index in [4.69, 9.17) is 14.0 Å². The van der Waals surface area contributed by atoms with E-state index in [1.807, 2.05) is 30.0 Å². The summed E-state index contributed by atoms with van der Waals surface area (Å²) in [6.45, 7) is 10.3. The molecule has 2 aromatic carbocycles. The molecule has 35 heavy (non-hydrogen) atoms. The first-order valence-electron chi connectivity index (χ1n) is 12.5. The predicted molar refractivity (Wildman–Crippen MR) is 135 cm³/mol. The number of likely N-dealkylation sites (tertiary alicyclic amines) is 1. The van der Waals surface area contributed by atoms with Crippen LogP contribution in [0.1, 0.15) is 67.2 Å². The first kappa shape index (κ1) is 23.5. The van der Waals surface area contributed by atoms with E-state index in [1.54, 1.807) is 0 Å². The maximum absolute atomic E-state index is 13.6. The van der Waals surface area contributed by atoms with Gasteiger partial charge in [0, 0.05) is 18.7 Å². The summed E-state index contributed by atoms with van der Waals surface area (Å²) in [7, 11) is 0. The number of aryl methyl sites for hydroxylation is 2. The van der Waals surface area contributed by atoms with E-state index in [-0.39, 0.29) is 18.1 Å². The van der Waals surface area contributed by atoms with Gasteiger partial charge in [0.25, 0.3) is 5.91 Å². The molecule has 0 radical (unpaired) electrons. The van der Waals surface area contributed by atoms with Crippen LogP contribution in [0.2, 0.25) is 0 Å². The quantitative estimate of drug-likeness (QED) is 0.443. The molecular formula is C29H34N2O4. The van der Waals surface area contributed by atoms with Gasteiger partial charge in [0.15, 0.2) is 17.3 Å². The summed E-state index contributed by atoms with van der Waals surface area (Å²) >= 11 is 0. The highest BCUT2D eigenvalue weighted by atomic mass is 16.7. The van der Waals surface area contributed by atoms with Gasteiger partial charge in [0.05, 0.1) is 5.69 Å². The lowest BCUT2D eigenvalue weighted by atomic mass is 9.86.